The van der Waals surface area contributed by atoms with Gasteiger partial charge >= 0.3 is 0 Å². The van der Waals surface area contributed by atoms with Gasteiger partial charge in [0.1, 0.15) is 0 Å². The van der Waals surface area contributed by atoms with Crippen LogP contribution in [0.25, 0.3) is 44.6 Å². The zero-order valence-corrected chi connectivity index (χ0v) is 25.0. The molecule has 0 amide bonds. The van der Waals surface area contributed by atoms with Gasteiger partial charge < -0.3 is 4.98 Å². The molecular weight excluding hydrogens is 663 g/mol. The maximum absolute atomic E-state index is 4.49. The second-order valence-corrected chi connectivity index (χ2v) is 10.4. The van der Waals surface area contributed by atoms with Crippen LogP contribution >= 0.6 is 0 Å². The summed E-state index contributed by atoms with van der Waals surface area (Å²) in [7, 11) is 0. The van der Waals surface area contributed by atoms with Gasteiger partial charge in [0.05, 0.1) is 0 Å². The molecule has 40 heavy (non-hydrogen) atoms. The Balaban J connectivity index is 0.00000323. The maximum atomic E-state index is 4.49. The Morgan fingerprint density at radius 2 is 1.05 bits per heavy atom. The second-order valence-electron chi connectivity index (χ2n) is 10.4. The molecule has 6 rings (SSSR count). The van der Waals surface area contributed by atoms with Gasteiger partial charge in [-0.05, 0) is 62.8 Å². The Labute approximate surface area is 251 Å². The van der Waals surface area contributed by atoms with Crippen molar-refractivity contribution in [3.63, 3.8) is 0 Å². The number of rotatable bonds is 6. The Morgan fingerprint density at radius 3 is 1.65 bits per heavy atom. The summed E-state index contributed by atoms with van der Waals surface area (Å²) in [6.45, 7) is 4.57. The summed E-state index contributed by atoms with van der Waals surface area (Å²) < 4.78 is 0. The predicted molar refractivity (Wildman–Crippen MR) is 163 cm³/mol. The molecule has 0 unspecified atom stereocenters. The van der Waals surface area contributed by atoms with Crippen molar-refractivity contribution in [2.75, 3.05) is 0 Å². The van der Waals surface area contributed by atoms with Gasteiger partial charge in [-0.2, -0.15) is 0 Å². The number of aromatic nitrogens is 1. The number of hydrogen-bond donors (Lipinski definition) is 0. The summed E-state index contributed by atoms with van der Waals surface area (Å²) in [5, 5.41) is 0. The van der Waals surface area contributed by atoms with Crippen molar-refractivity contribution in [2.24, 2.45) is 0 Å². The Morgan fingerprint density at radius 1 is 0.500 bits per heavy atom. The van der Waals surface area contributed by atoms with Crippen molar-refractivity contribution >= 4 is 0 Å². The smallest absolute Gasteiger partial charge is 0.0160 e. The molecule has 0 N–H and O–H groups in total. The molecule has 0 aliphatic carbocycles. The van der Waals surface area contributed by atoms with Gasteiger partial charge in [-0.25, -0.2) is 0 Å². The molecule has 197 valence electrons. The van der Waals surface area contributed by atoms with E-state index in [4.69, 9.17) is 0 Å². The van der Waals surface area contributed by atoms with Gasteiger partial charge in [-0.3, -0.25) is 0 Å². The summed E-state index contributed by atoms with van der Waals surface area (Å²) in [6.07, 6.45) is 1.82. The van der Waals surface area contributed by atoms with Crippen LogP contribution in [0.15, 0.2) is 146 Å². The molecule has 0 spiro atoms. The Kier molecular flexibility index (Phi) is 8.21. The molecule has 1 radical (unpaired) electrons. The molecule has 1 nitrogen and oxygen atoms in total. The molecule has 6 aromatic rings. The first-order valence-corrected chi connectivity index (χ1v) is 13.4. The quantitative estimate of drug-likeness (QED) is 0.159. The number of pyridine rings is 1. The van der Waals surface area contributed by atoms with Crippen LogP contribution < -0.4 is 0 Å². The van der Waals surface area contributed by atoms with Gasteiger partial charge in [0.25, 0.3) is 0 Å². The third-order valence-electron chi connectivity index (χ3n) is 7.57. The van der Waals surface area contributed by atoms with E-state index in [0.717, 1.165) is 16.8 Å². The summed E-state index contributed by atoms with van der Waals surface area (Å²) >= 11 is 0. The molecule has 0 saturated heterocycles. The van der Waals surface area contributed by atoms with Gasteiger partial charge in [0.2, 0.25) is 0 Å². The topological polar surface area (TPSA) is 12.9 Å². The molecule has 0 saturated carbocycles. The van der Waals surface area contributed by atoms with E-state index < -0.39 is 0 Å². The normalized spacial score (nSPS) is 11.1. The average Bonchev–Trinajstić information content (AvgIpc) is 3.02. The van der Waals surface area contributed by atoms with Crippen LogP contribution in [-0.4, -0.2) is 4.98 Å². The summed E-state index contributed by atoms with van der Waals surface area (Å²) in [5.74, 6) is 0. The maximum Gasteiger partial charge on any atom is 0.0160 e. The first-order chi connectivity index (χ1) is 19.1. The van der Waals surface area contributed by atoms with E-state index in [-0.39, 0.29) is 25.5 Å². The van der Waals surface area contributed by atoms with E-state index >= 15 is 0 Å². The molecule has 0 bridgehead atoms. The van der Waals surface area contributed by atoms with E-state index in [1.807, 2.05) is 30.5 Å². The molecule has 1 aromatic heterocycles. The molecular formula is C38H30IrN-. The fraction of sp³-hybridized carbons (Fsp3) is 0.0789. The fourth-order valence-electron chi connectivity index (χ4n) is 5.17. The molecule has 5 aromatic carbocycles. The van der Waals surface area contributed by atoms with E-state index in [1.54, 1.807) is 0 Å². The first-order valence-electron chi connectivity index (χ1n) is 13.4. The largest absolute Gasteiger partial charge is 0.305 e. The van der Waals surface area contributed by atoms with Crippen LogP contribution in [0, 0.1) is 6.07 Å². The second kappa shape index (κ2) is 12.0. The van der Waals surface area contributed by atoms with Crippen LogP contribution in [0.3, 0.4) is 0 Å². The van der Waals surface area contributed by atoms with E-state index in [1.165, 1.54) is 38.9 Å². The monoisotopic (exact) mass is 693 g/mol. The predicted octanol–water partition coefficient (Wildman–Crippen LogP) is 9.87. The number of benzene rings is 5. The third-order valence-corrected chi connectivity index (χ3v) is 7.57. The van der Waals surface area contributed by atoms with E-state index in [9.17, 15) is 0 Å². The van der Waals surface area contributed by atoms with Crippen molar-refractivity contribution in [3.05, 3.63) is 163 Å². The Hall–Kier alpha value is -4.10. The molecule has 0 aliphatic heterocycles. The summed E-state index contributed by atoms with van der Waals surface area (Å²) in [6, 6.07) is 52.8. The SMILES string of the molecule is CC(C)(c1ccccc1)c1ccc(-c2cccc(-c3cccc(-c4cc[c-]c(-c5ccccn5)c4)c3)c2)cc1.[Ir]. The number of nitrogens with zero attached hydrogens (tertiary/aromatic N) is 1. The van der Waals surface area contributed by atoms with Crippen molar-refractivity contribution in [3.8, 4) is 44.6 Å². The Bertz CT molecular complexity index is 1700. The van der Waals surface area contributed by atoms with Crippen molar-refractivity contribution in [1.29, 1.82) is 0 Å². The van der Waals surface area contributed by atoms with E-state index in [2.05, 4.69) is 140 Å². The molecule has 0 fully saturated rings. The van der Waals surface area contributed by atoms with Gasteiger partial charge in [-0.1, -0.05) is 117 Å². The van der Waals surface area contributed by atoms with Crippen molar-refractivity contribution < 1.29 is 20.1 Å². The summed E-state index contributed by atoms with van der Waals surface area (Å²) in [4.78, 5) is 4.49. The van der Waals surface area contributed by atoms with Crippen LogP contribution in [0.4, 0.5) is 0 Å². The van der Waals surface area contributed by atoms with Gasteiger partial charge in [0, 0.05) is 31.7 Å². The van der Waals surface area contributed by atoms with Crippen molar-refractivity contribution in [2.45, 2.75) is 19.3 Å². The molecule has 1 heterocycles. The minimum Gasteiger partial charge on any atom is -0.305 e. The van der Waals surface area contributed by atoms with Gasteiger partial charge in [0.15, 0.2) is 0 Å². The summed E-state index contributed by atoms with van der Waals surface area (Å²) in [5.41, 5.74) is 11.7. The van der Waals surface area contributed by atoms with E-state index in [0.29, 0.717) is 0 Å². The first kappa shape index (κ1) is 27.5. The molecule has 2 heteroatoms. The molecule has 0 atom stereocenters. The fourth-order valence-corrected chi connectivity index (χ4v) is 5.17. The zero-order chi connectivity index (χ0) is 26.7. The molecule has 0 aliphatic rings. The minimum atomic E-state index is -0.0479. The average molecular weight is 693 g/mol. The van der Waals surface area contributed by atoms with Crippen LogP contribution in [0.5, 0.6) is 0 Å². The van der Waals surface area contributed by atoms with Crippen LogP contribution in [0.1, 0.15) is 25.0 Å². The number of hydrogen-bond acceptors (Lipinski definition) is 1. The van der Waals surface area contributed by atoms with Crippen LogP contribution in [0.2, 0.25) is 0 Å². The third kappa shape index (κ3) is 5.75. The van der Waals surface area contributed by atoms with Crippen molar-refractivity contribution in [1.82, 2.24) is 4.98 Å². The minimum absolute atomic E-state index is 0. The zero-order valence-electron chi connectivity index (χ0n) is 22.6. The van der Waals surface area contributed by atoms with Crippen LogP contribution in [-0.2, 0) is 25.5 Å². The standard InChI is InChI=1S/C38H30N.Ir/c1-38(2,35-17-4-3-5-18-35)36-22-20-28(21-23-36)29-11-8-12-30(25-29)31-13-9-14-32(26-31)33-15-10-16-34(27-33)37-19-6-7-24-39-37;/h3-15,17-27H,1-2H3;/q-1;. The van der Waals surface area contributed by atoms with Gasteiger partial charge in [-0.15, -0.1) is 35.4 Å².